The molecule has 13 heavy (non-hydrogen) atoms. The maximum atomic E-state index is 8.57. The molecule has 1 rings (SSSR count). The van der Waals surface area contributed by atoms with Gasteiger partial charge in [0.05, 0.1) is 16.7 Å². The van der Waals surface area contributed by atoms with Gasteiger partial charge in [0.25, 0.3) is 0 Å². The Kier molecular flexibility index (Phi) is 2.93. The number of benzene rings is 1. The second kappa shape index (κ2) is 4.17. The highest BCUT2D eigenvalue weighted by Gasteiger charge is 1.97. The Labute approximate surface area is 81.0 Å². The summed E-state index contributed by atoms with van der Waals surface area (Å²) in [6, 6.07) is 8.37. The van der Waals surface area contributed by atoms with E-state index in [-0.39, 0.29) is 0 Å². The average molecular weight is 187 g/mol. The van der Waals surface area contributed by atoms with Gasteiger partial charge in [0, 0.05) is 11.5 Å². The van der Waals surface area contributed by atoms with Crippen molar-refractivity contribution in [2.45, 2.75) is 0 Å². The molecule has 0 bridgehead atoms. The summed E-state index contributed by atoms with van der Waals surface area (Å²) in [5.74, 6) is 4.76. The molecule has 0 fully saturated rings. The van der Waals surface area contributed by atoms with Gasteiger partial charge in [0.1, 0.15) is 0 Å². The quantitative estimate of drug-likeness (QED) is 0.583. The van der Waals surface area contributed by atoms with Gasteiger partial charge in [-0.05, 0) is 24.1 Å². The molecule has 0 saturated carbocycles. The van der Waals surface area contributed by atoms with E-state index in [9.17, 15) is 0 Å². The Morgan fingerprint density at radius 2 is 2.00 bits per heavy atom. The lowest BCUT2D eigenvalue weighted by atomic mass is 10.1. The summed E-state index contributed by atoms with van der Waals surface area (Å²) in [7, 11) is 0. The molecule has 0 N–H and O–H groups in total. The van der Waals surface area contributed by atoms with Crippen LogP contribution in [0.1, 0.15) is 11.1 Å². The Morgan fingerprint density at radius 1 is 1.23 bits per heavy atom. The maximum Gasteiger partial charge on any atom is 0.152 e. The van der Waals surface area contributed by atoms with Crippen LogP contribution in [0.2, 0.25) is 5.02 Å². The van der Waals surface area contributed by atoms with Crippen LogP contribution in [-0.4, -0.2) is 0 Å². The van der Waals surface area contributed by atoms with E-state index in [0.717, 1.165) is 0 Å². The van der Waals surface area contributed by atoms with Crippen molar-refractivity contribution in [3.05, 3.63) is 34.3 Å². The molecular formula is C10H3ClN2. The minimum absolute atomic E-state index is 0.446. The fourth-order valence-electron chi connectivity index (χ4n) is 0.786. The van der Waals surface area contributed by atoms with Gasteiger partial charge in [-0.3, -0.25) is 0 Å². The summed E-state index contributed by atoms with van der Waals surface area (Å²) in [6.45, 7) is 0. The number of nitrogens with zero attached hydrogens (tertiary/aromatic N) is 2. The van der Waals surface area contributed by atoms with Gasteiger partial charge in [-0.25, -0.2) is 0 Å². The van der Waals surface area contributed by atoms with E-state index in [0.29, 0.717) is 16.1 Å². The van der Waals surface area contributed by atoms with E-state index in [1.54, 1.807) is 24.3 Å². The molecule has 60 valence electrons. The highest BCUT2D eigenvalue weighted by molar-refractivity contribution is 6.31. The molecule has 0 spiro atoms. The van der Waals surface area contributed by atoms with Crippen molar-refractivity contribution in [3.8, 4) is 24.0 Å². The molecule has 0 saturated heterocycles. The van der Waals surface area contributed by atoms with E-state index in [4.69, 9.17) is 22.1 Å². The molecule has 0 unspecified atom stereocenters. The van der Waals surface area contributed by atoms with Gasteiger partial charge >= 0.3 is 0 Å². The molecule has 0 atom stereocenters. The van der Waals surface area contributed by atoms with Gasteiger partial charge in [-0.2, -0.15) is 10.5 Å². The molecule has 0 aliphatic rings. The summed E-state index contributed by atoms with van der Waals surface area (Å²) >= 11 is 5.77. The van der Waals surface area contributed by atoms with Gasteiger partial charge in [-0.15, -0.1) is 0 Å². The zero-order chi connectivity index (χ0) is 9.68. The third kappa shape index (κ3) is 2.24. The van der Waals surface area contributed by atoms with Crippen molar-refractivity contribution in [1.82, 2.24) is 0 Å². The van der Waals surface area contributed by atoms with Gasteiger partial charge < -0.3 is 0 Å². The van der Waals surface area contributed by atoms with Gasteiger partial charge in [0.15, 0.2) is 6.07 Å². The lowest BCUT2D eigenvalue weighted by Crippen LogP contribution is -1.80. The number of rotatable bonds is 0. The van der Waals surface area contributed by atoms with Gasteiger partial charge in [-0.1, -0.05) is 11.6 Å². The first-order valence-electron chi connectivity index (χ1n) is 3.37. The summed E-state index contributed by atoms with van der Waals surface area (Å²) < 4.78 is 0. The zero-order valence-corrected chi connectivity index (χ0v) is 7.26. The SMILES string of the molecule is N#CC#Cc1cc(C#N)ccc1Cl. The van der Waals surface area contributed by atoms with Crippen LogP contribution in [-0.2, 0) is 0 Å². The van der Waals surface area contributed by atoms with Crippen LogP contribution in [0.25, 0.3) is 0 Å². The summed E-state index contributed by atoms with van der Waals surface area (Å²) in [6.07, 6.45) is 0. The lowest BCUT2D eigenvalue weighted by Gasteiger charge is -1.94. The molecule has 1 aromatic rings. The van der Waals surface area contributed by atoms with E-state index in [1.807, 2.05) is 6.07 Å². The molecule has 1 aromatic carbocycles. The fourth-order valence-corrected chi connectivity index (χ4v) is 0.951. The third-order valence-electron chi connectivity index (χ3n) is 1.35. The Bertz CT molecular complexity index is 466. The topological polar surface area (TPSA) is 47.6 Å². The van der Waals surface area contributed by atoms with Crippen LogP contribution in [0.15, 0.2) is 18.2 Å². The second-order valence-electron chi connectivity index (χ2n) is 2.17. The minimum atomic E-state index is 0.446. The van der Waals surface area contributed by atoms with Crippen molar-refractivity contribution < 1.29 is 0 Å². The van der Waals surface area contributed by atoms with Crippen LogP contribution in [0, 0.1) is 34.5 Å². The van der Waals surface area contributed by atoms with Crippen LogP contribution >= 0.6 is 11.6 Å². The average Bonchev–Trinajstić information content (AvgIpc) is 2.17. The number of hydrogen-bond donors (Lipinski definition) is 0. The molecule has 2 nitrogen and oxygen atoms in total. The maximum absolute atomic E-state index is 8.57. The number of halogens is 1. The zero-order valence-electron chi connectivity index (χ0n) is 6.50. The Morgan fingerprint density at radius 3 is 2.62 bits per heavy atom. The normalized spacial score (nSPS) is 7.62. The van der Waals surface area contributed by atoms with E-state index in [1.165, 1.54) is 0 Å². The molecule has 0 aliphatic carbocycles. The van der Waals surface area contributed by atoms with Crippen molar-refractivity contribution in [2.75, 3.05) is 0 Å². The Balaban J connectivity index is 3.23. The van der Waals surface area contributed by atoms with E-state index in [2.05, 4.69) is 11.8 Å². The van der Waals surface area contributed by atoms with Crippen LogP contribution < -0.4 is 0 Å². The van der Waals surface area contributed by atoms with E-state index >= 15 is 0 Å². The first kappa shape index (κ1) is 9.14. The second-order valence-corrected chi connectivity index (χ2v) is 2.58. The largest absolute Gasteiger partial charge is 0.192 e. The highest BCUT2D eigenvalue weighted by Crippen LogP contribution is 2.15. The molecule has 0 radical (unpaired) electrons. The monoisotopic (exact) mass is 186 g/mol. The number of hydrogen-bond acceptors (Lipinski definition) is 2. The fraction of sp³-hybridized carbons (Fsp3) is 0. The van der Waals surface area contributed by atoms with Gasteiger partial charge in [0.2, 0.25) is 0 Å². The third-order valence-corrected chi connectivity index (χ3v) is 1.68. The molecule has 3 heteroatoms. The first-order chi connectivity index (χ1) is 6.27. The van der Waals surface area contributed by atoms with Crippen LogP contribution in [0.5, 0.6) is 0 Å². The molecule has 0 heterocycles. The predicted octanol–water partition coefficient (Wildman–Crippen LogP) is 2.09. The Hall–Kier alpha value is -1.95. The van der Waals surface area contributed by atoms with Crippen molar-refractivity contribution in [3.63, 3.8) is 0 Å². The highest BCUT2D eigenvalue weighted by atomic mass is 35.5. The lowest BCUT2D eigenvalue weighted by molar-refractivity contribution is 1.48. The van der Waals surface area contributed by atoms with Crippen LogP contribution in [0.4, 0.5) is 0 Å². The smallest absolute Gasteiger partial charge is 0.152 e. The predicted molar refractivity (Wildman–Crippen MR) is 48.7 cm³/mol. The van der Waals surface area contributed by atoms with Crippen LogP contribution in [0.3, 0.4) is 0 Å². The first-order valence-corrected chi connectivity index (χ1v) is 3.75. The molecular weight excluding hydrogens is 184 g/mol. The summed E-state index contributed by atoms with van der Waals surface area (Å²) in [4.78, 5) is 0. The summed E-state index contributed by atoms with van der Waals surface area (Å²) in [5.41, 5.74) is 0.980. The molecule has 0 aromatic heterocycles. The van der Waals surface area contributed by atoms with Crippen molar-refractivity contribution >= 4 is 11.6 Å². The molecule has 0 amide bonds. The van der Waals surface area contributed by atoms with Crippen molar-refractivity contribution in [1.29, 1.82) is 10.5 Å². The van der Waals surface area contributed by atoms with E-state index < -0.39 is 0 Å². The standard InChI is InChI=1S/C10H3ClN2/c11-10-4-3-8(7-13)6-9(10)2-1-5-12/h3-4,6H. The van der Waals surface area contributed by atoms with Crippen molar-refractivity contribution in [2.24, 2.45) is 0 Å². The summed E-state index contributed by atoms with van der Waals surface area (Å²) in [5, 5.41) is 17.2. The molecule has 0 aliphatic heterocycles. The minimum Gasteiger partial charge on any atom is -0.192 e. The number of nitriles is 2.